The average molecular weight is 341 g/mol. The maximum Gasteiger partial charge on any atom is 0.252 e. The fourth-order valence-electron chi connectivity index (χ4n) is 2.57. The van der Waals surface area contributed by atoms with E-state index >= 15 is 0 Å². The number of fused-ring (bicyclic) bond motifs is 1. The van der Waals surface area contributed by atoms with Gasteiger partial charge in [-0.2, -0.15) is 0 Å². The third-order valence-corrected chi connectivity index (χ3v) is 3.75. The second kappa shape index (κ2) is 7.18. The van der Waals surface area contributed by atoms with Crippen LogP contribution in [0.3, 0.4) is 0 Å². The molecule has 130 valence electrons. The van der Waals surface area contributed by atoms with Gasteiger partial charge in [0.05, 0.1) is 36.7 Å². The van der Waals surface area contributed by atoms with Crippen LogP contribution in [0.5, 0.6) is 5.88 Å². The highest BCUT2D eigenvalue weighted by Gasteiger charge is 2.13. The van der Waals surface area contributed by atoms with Gasteiger partial charge in [0.15, 0.2) is 0 Å². The summed E-state index contributed by atoms with van der Waals surface area (Å²) in [6.07, 6.45) is 1.59. The zero-order valence-electron chi connectivity index (χ0n) is 14.0. The molecule has 0 aliphatic rings. The van der Waals surface area contributed by atoms with Gasteiger partial charge < -0.3 is 20.5 Å². The van der Waals surface area contributed by atoms with Crippen molar-refractivity contribution >= 4 is 28.3 Å². The number of ether oxygens (including phenoxy) is 2. The second-order valence-corrected chi connectivity index (χ2v) is 5.35. The van der Waals surface area contributed by atoms with Crippen molar-refractivity contribution in [2.24, 2.45) is 5.73 Å². The topological polar surface area (TPSA) is 104 Å². The number of benzene rings is 1. The lowest BCUT2D eigenvalue weighted by atomic mass is 10.2. The number of methoxy groups -OCH3 is 2. The molecule has 8 nitrogen and oxygen atoms in total. The van der Waals surface area contributed by atoms with Crippen LogP contribution in [0.2, 0.25) is 0 Å². The Hall–Kier alpha value is -3.13. The standard InChI is InChI=1S/C17H19N5O3/c1-24-9-8-22-14-6-5-11(10-13(14)17(21-22)25-2)20-16-12(15(18)23)4-3-7-19-16/h3-7,10H,8-9H2,1-2H3,(H2,18,23)(H,19,20). The molecule has 25 heavy (non-hydrogen) atoms. The SMILES string of the molecule is COCCn1nc(OC)c2cc(Nc3ncccc3C(N)=O)ccc21. The predicted molar refractivity (Wildman–Crippen MR) is 94.2 cm³/mol. The summed E-state index contributed by atoms with van der Waals surface area (Å²) in [5, 5.41) is 8.40. The number of carbonyl (C=O) groups is 1. The van der Waals surface area contributed by atoms with E-state index in [-0.39, 0.29) is 0 Å². The molecule has 0 saturated carbocycles. The first-order valence-electron chi connectivity index (χ1n) is 7.69. The van der Waals surface area contributed by atoms with Crippen molar-refractivity contribution < 1.29 is 14.3 Å². The van der Waals surface area contributed by atoms with Gasteiger partial charge >= 0.3 is 0 Å². The highest BCUT2D eigenvalue weighted by Crippen LogP contribution is 2.29. The Kier molecular flexibility index (Phi) is 4.80. The quantitative estimate of drug-likeness (QED) is 0.680. The number of hydrogen-bond acceptors (Lipinski definition) is 6. The first kappa shape index (κ1) is 16.7. The van der Waals surface area contributed by atoms with Crippen molar-refractivity contribution in [2.45, 2.75) is 6.54 Å². The van der Waals surface area contributed by atoms with Crippen LogP contribution in [0.1, 0.15) is 10.4 Å². The lowest BCUT2D eigenvalue weighted by Gasteiger charge is -2.09. The normalized spacial score (nSPS) is 10.8. The van der Waals surface area contributed by atoms with Crippen LogP contribution < -0.4 is 15.8 Å². The average Bonchev–Trinajstić information content (AvgIpc) is 2.97. The van der Waals surface area contributed by atoms with E-state index in [1.54, 1.807) is 32.5 Å². The summed E-state index contributed by atoms with van der Waals surface area (Å²) < 4.78 is 12.3. The molecule has 0 fully saturated rings. The molecule has 0 aliphatic carbocycles. The van der Waals surface area contributed by atoms with Gasteiger partial charge in [-0.05, 0) is 30.3 Å². The van der Waals surface area contributed by atoms with Crippen molar-refractivity contribution in [1.82, 2.24) is 14.8 Å². The first-order chi connectivity index (χ1) is 12.1. The number of rotatable bonds is 7. The number of aromatic nitrogens is 3. The summed E-state index contributed by atoms with van der Waals surface area (Å²) in [7, 11) is 3.22. The minimum Gasteiger partial charge on any atom is -0.479 e. The maximum atomic E-state index is 11.5. The molecule has 0 saturated heterocycles. The Morgan fingerprint density at radius 3 is 2.88 bits per heavy atom. The zero-order chi connectivity index (χ0) is 17.8. The summed E-state index contributed by atoms with van der Waals surface area (Å²) in [5.74, 6) is 0.382. The van der Waals surface area contributed by atoms with Gasteiger partial charge in [0.2, 0.25) is 5.88 Å². The van der Waals surface area contributed by atoms with Gasteiger partial charge in [-0.1, -0.05) is 0 Å². The van der Waals surface area contributed by atoms with Gasteiger partial charge in [-0.15, -0.1) is 5.10 Å². The van der Waals surface area contributed by atoms with Crippen molar-refractivity contribution in [3.8, 4) is 5.88 Å². The number of carbonyl (C=O) groups excluding carboxylic acids is 1. The number of nitrogens with one attached hydrogen (secondary N) is 1. The third kappa shape index (κ3) is 3.38. The number of anilines is 2. The molecule has 0 unspecified atom stereocenters. The number of hydrogen-bond donors (Lipinski definition) is 2. The Bertz CT molecular complexity index is 906. The highest BCUT2D eigenvalue weighted by atomic mass is 16.5. The molecule has 0 aliphatic heterocycles. The number of pyridine rings is 1. The number of primary amides is 1. The second-order valence-electron chi connectivity index (χ2n) is 5.35. The summed E-state index contributed by atoms with van der Waals surface area (Å²) in [6, 6.07) is 8.99. The monoisotopic (exact) mass is 341 g/mol. The molecule has 0 bridgehead atoms. The molecule has 1 aromatic carbocycles. The van der Waals surface area contributed by atoms with Crippen LogP contribution in [-0.2, 0) is 11.3 Å². The summed E-state index contributed by atoms with van der Waals surface area (Å²) in [6.45, 7) is 1.17. The Balaban J connectivity index is 1.98. The van der Waals surface area contributed by atoms with Gasteiger partial charge in [0.1, 0.15) is 5.82 Å². The van der Waals surface area contributed by atoms with E-state index in [1.165, 1.54) is 0 Å². The largest absolute Gasteiger partial charge is 0.479 e. The Morgan fingerprint density at radius 1 is 1.32 bits per heavy atom. The van der Waals surface area contributed by atoms with Crippen molar-refractivity contribution in [2.75, 3.05) is 26.1 Å². The summed E-state index contributed by atoms with van der Waals surface area (Å²) in [5.41, 5.74) is 7.39. The zero-order valence-corrected chi connectivity index (χ0v) is 14.0. The van der Waals surface area contributed by atoms with Gasteiger partial charge in [-0.25, -0.2) is 4.98 Å². The van der Waals surface area contributed by atoms with Crippen molar-refractivity contribution in [3.05, 3.63) is 42.1 Å². The molecule has 3 rings (SSSR count). The van der Waals surface area contributed by atoms with E-state index in [2.05, 4.69) is 15.4 Å². The number of amides is 1. The smallest absolute Gasteiger partial charge is 0.252 e. The van der Waals surface area contributed by atoms with Crippen molar-refractivity contribution in [3.63, 3.8) is 0 Å². The molecular formula is C17H19N5O3. The fraction of sp³-hybridized carbons (Fsp3) is 0.235. The van der Waals surface area contributed by atoms with Crippen LogP contribution in [0.15, 0.2) is 36.5 Å². The van der Waals surface area contributed by atoms with Gasteiger partial charge in [0.25, 0.3) is 5.91 Å². The van der Waals surface area contributed by atoms with Crippen LogP contribution in [0, 0.1) is 0 Å². The van der Waals surface area contributed by atoms with E-state index in [0.717, 1.165) is 16.6 Å². The van der Waals surface area contributed by atoms with E-state index in [0.29, 0.717) is 30.4 Å². The van der Waals surface area contributed by atoms with Crippen LogP contribution in [0.25, 0.3) is 10.9 Å². The molecule has 0 spiro atoms. The van der Waals surface area contributed by atoms with E-state index in [4.69, 9.17) is 15.2 Å². The van der Waals surface area contributed by atoms with E-state index in [1.807, 2.05) is 22.9 Å². The van der Waals surface area contributed by atoms with Gasteiger partial charge in [0, 0.05) is 19.0 Å². The first-order valence-corrected chi connectivity index (χ1v) is 7.69. The van der Waals surface area contributed by atoms with E-state index in [9.17, 15) is 4.79 Å². The minimum atomic E-state index is -0.540. The van der Waals surface area contributed by atoms with Gasteiger partial charge in [-0.3, -0.25) is 9.48 Å². The lowest BCUT2D eigenvalue weighted by Crippen LogP contribution is -2.14. The molecule has 8 heteroatoms. The molecule has 1 amide bonds. The summed E-state index contributed by atoms with van der Waals surface area (Å²) in [4.78, 5) is 15.7. The van der Waals surface area contributed by atoms with Crippen LogP contribution in [-0.4, -0.2) is 41.5 Å². The Labute approximate surface area is 144 Å². The molecule has 3 aromatic rings. The fourth-order valence-corrected chi connectivity index (χ4v) is 2.57. The maximum absolute atomic E-state index is 11.5. The minimum absolute atomic E-state index is 0.324. The predicted octanol–water partition coefficient (Wildman–Crippen LogP) is 1.93. The molecule has 2 aromatic heterocycles. The summed E-state index contributed by atoms with van der Waals surface area (Å²) >= 11 is 0. The van der Waals surface area contributed by atoms with E-state index < -0.39 is 5.91 Å². The Morgan fingerprint density at radius 2 is 2.16 bits per heavy atom. The number of nitrogens with zero attached hydrogens (tertiary/aromatic N) is 3. The van der Waals surface area contributed by atoms with Crippen LogP contribution >= 0.6 is 0 Å². The molecular weight excluding hydrogens is 322 g/mol. The third-order valence-electron chi connectivity index (χ3n) is 3.75. The molecule has 2 heterocycles. The number of nitrogens with two attached hydrogens (primary N) is 1. The highest BCUT2D eigenvalue weighted by molar-refractivity contribution is 5.98. The molecule has 0 atom stereocenters. The van der Waals surface area contributed by atoms with Crippen LogP contribution in [0.4, 0.5) is 11.5 Å². The molecule has 3 N–H and O–H groups in total. The van der Waals surface area contributed by atoms with Crippen molar-refractivity contribution in [1.29, 1.82) is 0 Å². The lowest BCUT2D eigenvalue weighted by molar-refractivity contribution is 0.100. The molecule has 0 radical (unpaired) electrons.